The van der Waals surface area contributed by atoms with Gasteiger partial charge in [0.05, 0.1) is 11.1 Å². The number of thiazole rings is 1. The highest BCUT2D eigenvalue weighted by atomic mass is 32.1. The summed E-state index contributed by atoms with van der Waals surface area (Å²) in [5.74, 6) is 0.735. The normalized spacial score (nSPS) is 19.9. The molecule has 1 fully saturated rings. The monoisotopic (exact) mass is 241 g/mol. The van der Waals surface area contributed by atoms with Crippen LogP contribution < -0.4 is 0 Å². The molecule has 2 heterocycles. The summed E-state index contributed by atoms with van der Waals surface area (Å²) in [5, 5.41) is 10.5. The Morgan fingerprint density at radius 2 is 2.31 bits per heavy atom. The van der Waals surface area contributed by atoms with Crippen LogP contribution in [0.2, 0.25) is 0 Å². The maximum atomic E-state index is 9.30. The van der Waals surface area contributed by atoms with Crippen molar-refractivity contribution in [1.82, 2.24) is 4.98 Å². The van der Waals surface area contributed by atoms with E-state index in [4.69, 9.17) is 4.74 Å². The Kier molecular flexibility index (Phi) is 4.32. The molecule has 2 rings (SSSR count). The van der Waals surface area contributed by atoms with Crippen molar-refractivity contribution in [2.24, 2.45) is 5.92 Å². The Balaban J connectivity index is 1.86. The topological polar surface area (TPSA) is 42.4 Å². The third-order valence-electron chi connectivity index (χ3n) is 2.90. The summed E-state index contributed by atoms with van der Waals surface area (Å²) in [6.45, 7) is 3.62. The molecule has 1 aliphatic heterocycles. The molecule has 4 heteroatoms. The number of rotatable bonds is 4. The highest BCUT2D eigenvalue weighted by Crippen LogP contribution is 2.23. The molecular formula is C12H19NO2S. The van der Waals surface area contributed by atoms with Crippen molar-refractivity contribution in [1.29, 1.82) is 0 Å². The number of ether oxygens (including phenoxy) is 1. The molecule has 0 spiro atoms. The summed E-state index contributed by atoms with van der Waals surface area (Å²) < 4.78 is 5.35. The van der Waals surface area contributed by atoms with Gasteiger partial charge in [0.15, 0.2) is 0 Å². The van der Waals surface area contributed by atoms with Crippen LogP contribution in [0.15, 0.2) is 6.20 Å². The van der Waals surface area contributed by atoms with Gasteiger partial charge in [-0.1, -0.05) is 0 Å². The Labute approximate surface area is 100 Å². The van der Waals surface area contributed by atoms with Crippen molar-refractivity contribution < 1.29 is 9.84 Å². The Bertz CT molecular complexity index is 319. The standard InChI is InChI=1S/C12H19NO2S/c1-9(14)6-11-8-13-12(16-11)7-10-2-4-15-5-3-10/h8-10,14H,2-7H2,1H3. The summed E-state index contributed by atoms with van der Waals surface area (Å²) in [6, 6.07) is 0. The van der Waals surface area contributed by atoms with Crippen molar-refractivity contribution in [3.8, 4) is 0 Å². The van der Waals surface area contributed by atoms with E-state index in [0.717, 1.165) is 44.8 Å². The fourth-order valence-electron chi connectivity index (χ4n) is 2.03. The molecule has 3 nitrogen and oxygen atoms in total. The van der Waals surface area contributed by atoms with E-state index in [2.05, 4.69) is 4.98 Å². The molecule has 0 aromatic carbocycles. The molecule has 0 aliphatic carbocycles. The zero-order valence-corrected chi connectivity index (χ0v) is 10.5. The van der Waals surface area contributed by atoms with Crippen LogP contribution in [-0.4, -0.2) is 29.4 Å². The molecular weight excluding hydrogens is 222 g/mol. The number of aliphatic hydroxyl groups excluding tert-OH is 1. The first kappa shape index (κ1) is 12.0. The quantitative estimate of drug-likeness (QED) is 0.877. The van der Waals surface area contributed by atoms with E-state index in [-0.39, 0.29) is 6.10 Å². The van der Waals surface area contributed by atoms with E-state index in [1.165, 1.54) is 9.88 Å². The summed E-state index contributed by atoms with van der Waals surface area (Å²) in [6.07, 6.45) is 5.76. The van der Waals surface area contributed by atoms with Crippen LogP contribution in [0.5, 0.6) is 0 Å². The van der Waals surface area contributed by atoms with Gasteiger partial charge in [-0.25, -0.2) is 4.98 Å². The van der Waals surface area contributed by atoms with Crippen LogP contribution in [0.3, 0.4) is 0 Å². The van der Waals surface area contributed by atoms with Crippen LogP contribution in [0.1, 0.15) is 29.7 Å². The molecule has 1 aliphatic rings. The first-order chi connectivity index (χ1) is 7.74. The maximum absolute atomic E-state index is 9.30. The zero-order chi connectivity index (χ0) is 11.4. The van der Waals surface area contributed by atoms with Crippen molar-refractivity contribution in [3.63, 3.8) is 0 Å². The minimum Gasteiger partial charge on any atom is -0.393 e. The van der Waals surface area contributed by atoms with Gasteiger partial charge in [0.1, 0.15) is 0 Å². The van der Waals surface area contributed by atoms with E-state index >= 15 is 0 Å². The fraction of sp³-hybridized carbons (Fsp3) is 0.750. The zero-order valence-electron chi connectivity index (χ0n) is 9.69. The first-order valence-electron chi connectivity index (χ1n) is 5.93. The summed E-state index contributed by atoms with van der Waals surface area (Å²) >= 11 is 1.74. The molecule has 1 aromatic heterocycles. The van der Waals surface area contributed by atoms with Crippen molar-refractivity contribution in [2.45, 2.75) is 38.7 Å². The van der Waals surface area contributed by atoms with Gasteiger partial charge >= 0.3 is 0 Å². The molecule has 0 bridgehead atoms. The predicted octanol–water partition coefficient (Wildman–Crippen LogP) is 2.04. The van der Waals surface area contributed by atoms with E-state index in [1.54, 1.807) is 11.3 Å². The predicted molar refractivity (Wildman–Crippen MR) is 64.7 cm³/mol. The van der Waals surface area contributed by atoms with Gasteiger partial charge in [0.25, 0.3) is 0 Å². The summed E-state index contributed by atoms with van der Waals surface area (Å²) in [7, 11) is 0. The SMILES string of the molecule is CC(O)Cc1cnc(CC2CCOCC2)s1. The van der Waals surface area contributed by atoms with Crippen LogP contribution in [0, 0.1) is 5.92 Å². The average Bonchev–Trinajstić information content (AvgIpc) is 2.66. The van der Waals surface area contributed by atoms with Gasteiger partial charge in [-0.15, -0.1) is 11.3 Å². The number of hydrogen-bond donors (Lipinski definition) is 1. The first-order valence-corrected chi connectivity index (χ1v) is 6.75. The highest BCUT2D eigenvalue weighted by Gasteiger charge is 2.16. The van der Waals surface area contributed by atoms with Gasteiger partial charge in [-0.2, -0.15) is 0 Å². The molecule has 1 unspecified atom stereocenters. The average molecular weight is 241 g/mol. The second-order valence-corrected chi connectivity index (χ2v) is 5.73. The van der Waals surface area contributed by atoms with Gasteiger partial charge < -0.3 is 9.84 Å². The molecule has 0 saturated carbocycles. The molecule has 1 atom stereocenters. The van der Waals surface area contributed by atoms with Crippen LogP contribution in [0.4, 0.5) is 0 Å². The van der Waals surface area contributed by atoms with E-state index in [0.29, 0.717) is 0 Å². The third kappa shape index (κ3) is 3.54. The van der Waals surface area contributed by atoms with Crippen molar-refractivity contribution in [3.05, 3.63) is 16.1 Å². The Morgan fingerprint density at radius 3 is 3.00 bits per heavy atom. The smallest absolute Gasteiger partial charge is 0.0930 e. The lowest BCUT2D eigenvalue weighted by Gasteiger charge is -2.20. The minimum absolute atomic E-state index is 0.267. The fourth-order valence-corrected chi connectivity index (χ4v) is 3.18. The van der Waals surface area contributed by atoms with Gasteiger partial charge in [0.2, 0.25) is 0 Å². The lowest BCUT2D eigenvalue weighted by Crippen LogP contribution is -2.17. The molecule has 0 amide bonds. The largest absolute Gasteiger partial charge is 0.393 e. The lowest BCUT2D eigenvalue weighted by molar-refractivity contribution is 0.0665. The molecule has 0 radical (unpaired) electrons. The maximum Gasteiger partial charge on any atom is 0.0930 e. The molecule has 1 N–H and O–H groups in total. The Morgan fingerprint density at radius 1 is 1.56 bits per heavy atom. The molecule has 90 valence electrons. The number of nitrogens with zero attached hydrogens (tertiary/aromatic N) is 1. The van der Waals surface area contributed by atoms with Crippen LogP contribution >= 0.6 is 11.3 Å². The number of aliphatic hydroxyl groups is 1. The van der Waals surface area contributed by atoms with Crippen molar-refractivity contribution in [2.75, 3.05) is 13.2 Å². The van der Waals surface area contributed by atoms with Gasteiger partial charge in [-0.3, -0.25) is 0 Å². The van der Waals surface area contributed by atoms with Gasteiger partial charge in [0, 0.05) is 37.1 Å². The van der Waals surface area contributed by atoms with E-state index in [9.17, 15) is 5.11 Å². The second-order valence-electron chi connectivity index (χ2n) is 4.53. The summed E-state index contributed by atoms with van der Waals surface area (Å²) in [4.78, 5) is 5.62. The van der Waals surface area contributed by atoms with E-state index in [1.807, 2.05) is 13.1 Å². The number of aromatic nitrogens is 1. The molecule has 16 heavy (non-hydrogen) atoms. The van der Waals surface area contributed by atoms with Crippen LogP contribution in [0.25, 0.3) is 0 Å². The number of hydrogen-bond acceptors (Lipinski definition) is 4. The molecule has 1 saturated heterocycles. The van der Waals surface area contributed by atoms with Crippen molar-refractivity contribution >= 4 is 11.3 Å². The van der Waals surface area contributed by atoms with Gasteiger partial charge in [-0.05, 0) is 25.7 Å². The Hall–Kier alpha value is -0.450. The minimum atomic E-state index is -0.267. The third-order valence-corrected chi connectivity index (χ3v) is 3.94. The van der Waals surface area contributed by atoms with Crippen LogP contribution in [-0.2, 0) is 17.6 Å². The second kappa shape index (κ2) is 5.75. The lowest BCUT2D eigenvalue weighted by atomic mass is 9.97. The molecule has 1 aromatic rings. The summed E-state index contributed by atoms with van der Waals surface area (Å²) in [5.41, 5.74) is 0. The van der Waals surface area contributed by atoms with E-state index < -0.39 is 0 Å². The highest BCUT2D eigenvalue weighted by molar-refractivity contribution is 7.11.